The highest BCUT2D eigenvalue weighted by atomic mass is 19.4. The number of fused-ring (bicyclic) bond motifs is 1. The van der Waals surface area contributed by atoms with Crippen molar-refractivity contribution in [3.8, 4) is 16.9 Å². The van der Waals surface area contributed by atoms with Crippen LogP contribution in [0.1, 0.15) is 6.92 Å². The van der Waals surface area contributed by atoms with E-state index in [9.17, 15) is 18.0 Å². The molecule has 0 aliphatic rings. The molecule has 0 saturated heterocycles. The molecule has 166 valence electrons. The number of halogens is 3. The maximum absolute atomic E-state index is 12.9. The second-order valence-electron chi connectivity index (χ2n) is 6.45. The number of hydrogen-bond donors (Lipinski definition) is 0. The Kier molecular flexibility index (Phi) is 7.04. The predicted molar refractivity (Wildman–Crippen MR) is 116 cm³/mol. The molecule has 0 bridgehead atoms. The number of allylic oxidation sites excluding steroid dienone is 1. The summed E-state index contributed by atoms with van der Waals surface area (Å²) in [7, 11) is 0. The van der Waals surface area contributed by atoms with Crippen molar-refractivity contribution in [1.82, 2.24) is 9.78 Å². The molecule has 3 rings (SSSR count). The molecule has 0 aliphatic carbocycles. The number of rotatable bonds is 6. The molecule has 2 aromatic carbocycles. The summed E-state index contributed by atoms with van der Waals surface area (Å²) in [6, 6.07) is 10.6. The third-order valence-corrected chi connectivity index (χ3v) is 4.28. The molecule has 0 N–H and O–H groups in total. The fourth-order valence-electron chi connectivity index (χ4n) is 2.85. The molecular weight excluding hydrogens is 425 g/mol. The number of benzene rings is 2. The first-order chi connectivity index (χ1) is 15.3. The molecule has 0 saturated carbocycles. The third kappa shape index (κ3) is 5.81. The lowest BCUT2D eigenvalue weighted by atomic mass is 10.0. The molecule has 0 atom stereocenters. The molecule has 7 nitrogen and oxygen atoms in total. The van der Waals surface area contributed by atoms with Crippen molar-refractivity contribution in [2.75, 3.05) is 6.61 Å². The summed E-state index contributed by atoms with van der Waals surface area (Å²) in [5.41, 5.74) is 0.969. The molecule has 1 aromatic heterocycles. The minimum absolute atomic E-state index is 0.0807. The molecule has 1 heterocycles. The molecule has 32 heavy (non-hydrogen) atoms. The normalized spacial score (nSPS) is 12.3. The van der Waals surface area contributed by atoms with Crippen LogP contribution in [0, 0.1) is 0 Å². The Balaban J connectivity index is 1.81. The minimum atomic E-state index is -4.76. The molecule has 3 aromatic rings. The topological polar surface area (TPSA) is 78.1 Å². The second kappa shape index (κ2) is 9.90. The molecule has 0 unspecified atom stereocenters. The van der Waals surface area contributed by atoms with Crippen LogP contribution in [0.2, 0.25) is 0 Å². The van der Waals surface area contributed by atoms with Crippen molar-refractivity contribution in [3.05, 3.63) is 71.3 Å². The van der Waals surface area contributed by atoms with Crippen LogP contribution in [0.5, 0.6) is 5.75 Å². The first-order valence-electron chi connectivity index (χ1n) is 9.45. The zero-order valence-electron chi connectivity index (χ0n) is 17.0. The van der Waals surface area contributed by atoms with Crippen LogP contribution >= 0.6 is 0 Å². The molecular formula is C22H19F3N4O3. The van der Waals surface area contributed by atoms with E-state index in [1.54, 1.807) is 37.4 Å². The van der Waals surface area contributed by atoms with E-state index in [4.69, 9.17) is 4.74 Å². The standard InChI is InChI=1S/C22H19F3N4O3/c1-3-10-27-21(26-2)31-12-11-29-20(30)19-13-16(4-5-17(19)14-28-29)15-6-8-18(9-7-15)32-22(23,24)25/h3-10,13-14H,2,11-12H2,1H3/b10-3-,27-21+. The fourth-order valence-corrected chi connectivity index (χ4v) is 2.85. The maximum atomic E-state index is 12.9. The van der Waals surface area contributed by atoms with Gasteiger partial charge in [0.15, 0.2) is 0 Å². The van der Waals surface area contributed by atoms with Gasteiger partial charge in [0.1, 0.15) is 12.4 Å². The minimum Gasteiger partial charge on any atom is -0.462 e. The summed E-state index contributed by atoms with van der Waals surface area (Å²) in [6.45, 7) is 5.43. The van der Waals surface area contributed by atoms with Gasteiger partial charge in [0, 0.05) is 11.6 Å². The Morgan fingerprint density at radius 2 is 1.91 bits per heavy atom. The van der Waals surface area contributed by atoms with Gasteiger partial charge in [-0.3, -0.25) is 4.79 Å². The van der Waals surface area contributed by atoms with Gasteiger partial charge >= 0.3 is 12.4 Å². The van der Waals surface area contributed by atoms with E-state index in [1.165, 1.54) is 35.1 Å². The first-order valence-corrected chi connectivity index (χ1v) is 9.45. The SMILES string of the molecule is C=N/C(=N\C=C/C)OCCn1ncc2ccc(-c3ccc(OC(F)(F)F)cc3)cc2c1=O. The summed E-state index contributed by atoms with van der Waals surface area (Å²) in [4.78, 5) is 20.5. The highest BCUT2D eigenvalue weighted by molar-refractivity contribution is 5.86. The van der Waals surface area contributed by atoms with E-state index >= 15 is 0 Å². The van der Waals surface area contributed by atoms with E-state index < -0.39 is 6.36 Å². The van der Waals surface area contributed by atoms with E-state index in [0.29, 0.717) is 21.9 Å². The van der Waals surface area contributed by atoms with Gasteiger partial charge in [-0.15, -0.1) is 13.2 Å². The smallest absolute Gasteiger partial charge is 0.462 e. The van der Waals surface area contributed by atoms with Gasteiger partial charge in [-0.1, -0.05) is 30.3 Å². The largest absolute Gasteiger partial charge is 0.573 e. The lowest BCUT2D eigenvalue weighted by Gasteiger charge is -2.10. The highest BCUT2D eigenvalue weighted by Crippen LogP contribution is 2.27. The number of aliphatic imine (C=N–C) groups is 2. The molecule has 0 fully saturated rings. The van der Waals surface area contributed by atoms with Crippen molar-refractivity contribution >= 4 is 23.5 Å². The van der Waals surface area contributed by atoms with Gasteiger partial charge < -0.3 is 9.47 Å². The van der Waals surface area contributed by atoms with Crippen LogP contribution in [-0.4, -0.2) is 35.5 Å². The van der Waals surface area contributed by atoms with Gasteiger partial charge in [0.2, 0.25) is 0 Å². The Morgan fingerprint density at radius 1 is 1.19 bits per heavy atom. The number of nitrogens with zero attached hydrogens (tertiary/aromatic N) is 4. The summed E-state index contributed by atoms with van der Waals surface area (Å²) in [6.07, 6.45) is 0.0147. The van der Waals surface area contributed by atoms with Gasteiger partial charge in [0.25, 0.3) is 5.56 Å². The quantitative estimate of drug-likeness (QED) is 0.412. The average molecular weight is 444 g/mol. The van der Waals surface area contributed by atoms with Crippen molar-refractivity contribution in [1.29, 1.82) is 0 Å². The number of aromatic nitrogens is 2. The Labute approximate surface area is 181 Å². The van der Waals surface area contributed by atoms with Crippen molar-refractivity contribution < 1.29 is 22.6 Å². The van der Waals surface area contributed by atoms with Crippen molar-refractivity contribution in [2.24, 2.45) is 9.98 Å². The van der Waals surface area contributed by atoms with E-state index in [2.05, 4.69) is 26.5 Å². The third-order valence-electron chi connectivity index (χ3n) is 4.28. The fraction of sp³-hybridized carbons (Fsp3) is 0.182. The van der Waals surface area contributed by atoms with Gasteiger partial charge in [0.05, 0.1) is 18.1 Å². The number of amidine groups is 1. The van der Waals surface area contributed by atoms with Crippen LogP contribution in [-0.2, 0) is 11.3 Å². The summed E-state index contributed by atoms with van der Waals surface area (Å²) in [5, 5.41) is 5.19. The predicted octanol–water partition coefficient (Wildman–Crippen LogP) is 4.57. The molecule has 0 radical (unpaired) electrons. The zero-order valence-corrected chi connectivity index (χ0v) is 17.0. The molecule has 0 aliphatic heterocycles. The number of alkyl halides is 3. The molecule has 0 spiro atoms. The Morgan fingerprint density at radius 3 is 2.56 bits per heavy atom. The van der Waals surface area contributed by atoms with Crippen LogP contribution in [0.25, 0.3) is 21.9 Å². The van der Waals surface area contributed by atoms with E-state index in [1.807, 2.05) is 0 Å². The van der Waals surface area contributed by atoms with Crippen molar-refractivity contribution in [2.45, 2.75) is 19.8 Å². The Bertz CT molecular complexity index is 1220. The van der Waals surface area contributed by atoms with Crippen LogP contribution in [0.15, 0.2) is 75.7 Å². The van der Waals surface area contributed by atoms with Crippen LogP contribution < -0.4 is 10.3 Å². The van der Waals surface area contributed by atoms with Crippen LogP contribution in [0.3, 0.4) is 0 Å². The monoisotopic (exact) mass is 444 g/mol. The number of hydrogen-bond acceptors (Lipinski definition) is 5. The first kappa shape index (κ1) is 22.7. The van der Waals surface area contributed by atoms with E-state index in [0.717, 1.165) is 0 Å². The zero-order chi connectivity index (χ0) is 23.1. The lowest BCUT2D eigenvalue weighted by molar-refractivity contribution is -0.274. The summed E-state index contributed by atoms with van der Waals surface area (Å²) < 4.78 is 47.5. The van der Waals surface area contributed by atoms with Gasteiger partial charge in [-0.05, 0) is 43.0 Å². The average Bonchev–Trinajstić information content (AvgIpc) is 2.77. The summed E-state index contributed by atoms with van der Waals surface area (Å²) >= 11 is 0. The lowest BCUT2D eigenvalue weighted by Crippen LogP contribution is -2.25. The van der Waals surface area contributed by atoms with Crippen molar-refractivity contribution in [3.63, 3.8) is 0 Å². The highest BCUT2D eigenvalue weighted by Gasteiger charge is 2.30. The Hall–Kier alpha value is -3.95. The second-order valence-corrected chi connectivity index (χ2v) is 6.45. The number of ether oxygens (including phenoxy) is 2. The summed E-state index contributed by atoms with van der Waals surface area (Å²) in [5.74, 6) is -0.319. The van der Waals surface area contributed by atoms with E-state index in [-0.39, 0.29) is 30.5 Å². The van der Waals surface area contributed by atoms with Gasteiger partial charge in [-0.25, -0.2) is 14.7 Å². The van der Waals surface area contributed by atoms with Gasteiger partial charge in [-0.2, -0.15) is 5.10 Å². The molecule has 10 heteroatoms. The molecule has 0 amide bonds. The maximum Gasteiger partial charge on any atom is 0.573 e. The van der Waals surface area contributed by atoms with Crippen LogP contribution in [0.4, 0.5) is 13.2 Å².